The van der Waals surface area contributed by atoms with Gasteiger partial charge in [-0.3, -0.25) is 4.79 Å². The maximum Gasteiger partial charge on any atom is 0.261 e. The molecule has 194 valence electrons. The van der Waals surface area contributed by atoms with E-state index in [0.717, 1.165) is 18.6 Å². The fourth-order valence-corrected chi connectivity index (χ4v) is 5.70. The number of carbonyl (C=O) groups is 1. The predicted molar refractivity (Wildman–Crippen MR) is 133 cm³/mol. The Morgan fingerprint density at radius 2 is 1.97 bits per heavy atom. The number of likely N-dealkylation sites (N-methyl/N-ethyl adjacent to an activating group) is 1. The highest BCUT2D eigenvalue weighted by molar-refractivity contribution is 6.35. The first-order chi connectivity index (χ1) is 17.0. The number of benzene rings is 1. The number of hydrogen-bond donors (Lipinski definition) is 2. The number of ether oxygens (including phenoxy) is 1. The number of piperazine rings is 1. The van der Waals surface area contributed by atoms with Crippen molar-refractivity contribution in [3.63, 3.8) is 0 Å². The highest BCUT2D eigenvalue weighted by Crippen LogP contribution is 2.48. The second kappa shape index (κ2) is 9.00. The van der Waals surface area contributed by atoms with Crippen molar-refractivity contribution in [2.75, 3.05) is 51.8 Å². The van der Waals surface area contributed by atoms with Crippen molar-refractivity contribution in [1.29, 1.82) is 0 Å². The number of carbonyl (C=O) groups excluding carboxylic acids is 1. The number of pyridine rings is 1. The molecule has 2 saturated heterocycles. The maximum absolute atomic E-state index is 15.0. The van der Waals surface area contributed by atoms with Crippen LogP contribution in [-0.2, 0) is 0 Å². The number of nitrogens with zero attached hydrogens (tertiary/aromatic N) is 4. The second-order valence-electron chi connectivity index (χ2n) is 10.5. The topological polar surface area (TPSA) is 81.2 Å². The van der Waals surface area contributed by atoms with Crippen molar-refractivity contribution < 1.29 is 23.4 Å². The minimum Gasteiger partial charge on any atom is -0.504 e. The largest absolute Gasteiger partial charge is 0.504 e. The van der Waals surface area contributed by atoms with Gasteiger partial charge >= 0.3 is 0 Å². The van der Waals surface area contributed by atoms with Crippen LogP contribution in [0, 0.1) is 11.6 Å². The second-order valence-corrected chi connectivity index (χ2v) is 10.8. The molecule has 1 aromatic carbocycles. The standard InChI is InChI=1S/C25H30ClF2N5O3/c1-25(2)9-13(31(3)4)11-33(25)23-18-22(36-12-14-10-29-7-8-32(14)24(18)35)19(26)20(30-23)17-15(27)5-6-16(28)21(17)34/h5-6,13-14,29,34H,7-12H2,1-4H3/t13-,14-/m1/s1. The van der Waals surface area contributed by atoms with Gasteiger partial charge in [0, 0.05) is 37.8 Å². The first kappa shape index (κ1) is 25.0. The Morgan fingerprint density at radius 1 is 1.25 bits per heavy atom. The van der Waals surface area contributed by atoms with Gasteiger partial charge in [0.1, 0.15) is 34.5 Å². The van der Waals surface area contributed by atoms with Gasteiger partial charge in [0.2, 0.25) is 0 Å². The number of phenols is 1. The Labute approximate surface area is 213 Å². The minimum absolute atomic E-state index is 0.0724. The van der Waals surface area contributed by atoms with Crippen molar-refractivity contribution in [2.45, 2.75) is 37.9 Å². The Kier molecular flexibility index (Phi) is 6.25. The van der Waals surface area contributed by atoms with E-state index < -0.39 is 28.5 Å². The smallest absolute Gasteiger partial charge is 0.261 e. The quantitative estimate of drug-likeness (QED) is 0.642. The van der Waals surface area contributed by atoms with E-state index in [4.69, 9.17) is 16.3 Å². The molecule has 2 atom stereocenters. The summed E-state index contributed by atoms with van der Waals surface area (Å²) in [6, 6.07) is 1.70. The van der Waals surface area contributed by atoms with Crippen LogP contribution in [0.3, 0.4) is 0 Å². The molecule has 0 saturated carbocycles. The van der Waals surface area contributed by atoms with Gasteiger partial charge in [-0.25, -0.2) is 13.8 Å². The van der Waals surface area contributed by atoms with Crippen molar-refractivity contribution in [3.8, 4) is 22.8 Å². The average molecular weight is 522 g/mol. The summed E-state index contributed by atoms with van der Waals surface area (Å²) in [4.78, 5) is 24.5. The van der Waals surface area contributed by atoms with E-state index in [1.54, 1.807) is 4.90 Å². The molecule has 1 amide bonds. The van der Waals surface area contributed by atoms with Crippen molar-refractivity contribution >= 4 is 23.3 Å². The molecule has 4 heterocycles. The molecule has 2 aromatic rings. The molecule has 2 N–H and O–H groups in total. The number of rotatable bonds is 3. The SMILES string of the molecule is CN(C)[C@H]1CN(c2nc(-c3c(F)ccc(F)c3O)c(Cl)c3c2C(=O)N2CCNC[C@@H]2CO3)C(C)(C)C1. The summed E-state index contributed by atoms with van der Waals surface area (Å²) in [6.07, 6.45) is 0.791. The van der Waals surface area contributed by atoms with Crippen molar-refractivity contribution in [3.05, 3.63) is 34.4 Å². The number of halogens is 3. The first-order valence-electron chi connectivity index (χ1n) is 12.0. The molecule has 0 bridgehead atoms. The van der Waals surface area contributed by atoms with Crippen LogP contribution in [0.25, 0.3) is 11.3 Å². The summed E-state index contributed by atoms with van der Waals surface area (Å²) in [7, 11) is 3.98. The van der Waals surface area contributed by atoms with E-state index in [0.29, 0.717) is 26.2 Å². The van der Waals surface area contributed by atoms with Crippen LogP contribution >= 0.6 is 11.6 Å². The zero-order chi connectivity index (χ0) is 25.9. The zero-order valence-electron chi connectivity index (χ0n) is 20.7. The lowest BCUT2D eigenvalue weighted by molar-refractivity contribution is 0.0606. The third-order valence-corrected chi connectivity index (χ3v) is 7.83. The number of aromatic nitrogens is 1. The Morgan fingerprint density at radius 3 is 2.67 bits per heavy atom. The fourth-order valence-electron chi connectivity index (χ4n) is 5.41. The van der Waals surface area contributed by atoms with Crippen LogP contribution in [0.1, 0.15) is 30.6 Å². The summed E-state index contributed by atoms with van der Waals surface area (Å²) in [5, 5.41) is 13.6. The van der Waals surface area contributed by atoms with E-state index in [9.17, 15) is 18.7 Å². The van der Waals surface area contributed by atoms with Gasteiger partial charge in [0.05, 0.1) is 11.6 Å². The predicted octanol–water partition coefficient (Wildman–Crippen LogP) is 3.11. The molecule has 0 unspecified atom stereocenters. The third kappa shape index (κ3) is 3.95. The summed E-state index contributed by atoms with van der Waals surface area (Å²) in [5.74, 6) is -2.70. The average Bonchev–Trinajstić information content (AvgIpc) is 3.08. The van der Waals surface area contributed by atoms with Crippen LogP contribution in [0.2, 0.25) is 5.02 Å². The van der Waals surface area contributed by atoms with E-state index >= 15 is 0 Å². The van der Waals surface area contributed by atoms with E-state index in [1.165, 1.54) is 0 Å². The van der Waals surface area contributed by atoms with Gasteiger partial charge in [0.25, 0.3) is 5.91 Å². The van der Waals surface area contributed by atoms with Crippen LogP contribution < -0.4 is 15.0 Å². The Bertz CT molecular complexity index is 1220. The molecule has 11 heteroatoms. The van der Waals surface area contributed by atoms with Gasteiger partial charge in [-0.2, -0.15) is 0 Å². The number of hydrogen-bond acceptors (Lipinski definition) is 7. The fraction of sp³-hybridized carbons (Fsp3) is 0.520. The molecular formula is C25H30ClF2N5O3. The maximum atomic E-state index is 15.0. The molecule has 2 fully saturated rings. The van der Waals surface area contributed by atoms with Gasteiger partial charge in [-0.1, -0.05) is 11.6 Å². The van der Waals surface area contributed by atoms with Crippen molar-refractivity contribution in [1.82, 2.24) is 20.1 Å². The van der Waals surface area contributed by atoms with Crippen molar-refractivity contribution in [2.24, 2.45) is 0 Å². The third-order valence-electron chi connectivity index (χ3n) is 7.48. The van der Waals surface area contributed by atoms with Crippen LogP contribution in [-0.4, -0.2) is 90.3 Å². The number of aromatic hydroxyl groups is 1. The number of phenolic OH excluding ortho intramolecular Hbond substituents is 1. The summed E-state index contributed by atoms with van der Waals surface area (Å²) < 4.78 is 35.4. The van der Waals surface area contributed by atoms with E-state index in [1.807, 2.05) is 19.0 Å². The number of fused-ring (bicyclic) bond motifs is 2. The van der Waals surface area contributed by atoms with Gasteiger partial charge in [-0.15, -0.1) is 0 Å². The number of amides is 1. The monoisotopic (exact) mass is 521 g/mol. The molecule has 5 rings (SSSR count). The normalized spacial score (nSPS) is 23.4. The summed E-state index contributed by atoms with van der Waals surface area (Å²) >= 11 is 6.72. The van der Waals surface area contributed by atoms with E-state index in [2.05, 4.69) is 29.0 Å². The summed E-state index contributed by atoms with van der Waals surface area (Å²) in [6.45, 7) is 6.53. The molecule has 1 aromatic heterocycles. The lowest BCUT2D eigenvalue weighted by atomic mass is 9.99. The van der Waals surface area contributed by atoms with Gasteiger partial charge in [0.15, 0.2) is 17.3 Å². The Balaban J connectivity index is 1.78. The Hall–Kier alpha value is -2.69. The van der Waals surface area contributed by atoms with E-state index in [-0.39, 0.29) is 52.4 Å². The minimum atomic E-state index is -1.00. The molecule has 0 radical (unpaired) electrons. The van der Waals surface area contributed by atoms with Crippen LogP contribution in [0.4, 0.5) is 14.6 Å². The number of anilines is 1. The van der Waals surface area contributed by atoms with Crippen LogP contribution in [0.15, 0.2) is 12.1 Å². The zero-order valence-corrected chi connectivity index (χ0v) is 21.5. The molecule has 36 heavy (non-hydrogen) atoms. The molecule has 3 aliphatic rings. The van der Waals surface area contributed by atoms with Gasteiger partial charge < -0.3 is 29.9 Å². The lowest BCUT2D eigenvalue weighted by Crippen LogP contribution is -2.55. The lowest BCUT2D eigenvalue weighted by Gasteiger charge is -2.36. The highest BCUT2D eigenvalue weighted by Gasteiger charge is 2.45. The first-order valence-corrected chi connectivity index (χ1v) is 12.4. The molecule has 3 aliphatic heterocycles. The van der Waals surface area contributed by atoms with Gasteiger partial charge in [-0.05, 0) is 46.5 Å². The van der Waals surface area contributed by atoms with Crippen LogP contribution in [0.5, 0.6) is 11.5 Å². The highest BCUT2D eigenvalue weighted by atomic mass is 35.5. The molecule has 8 nitrogen and oxygen atoms in total. The number of nitrogens with one attached hydrogen (secondary N) is 1. The molecule has 0 aliphatic carbocycles. The summed E-state index contributed by atoms with van der Waals surface area (Å²) in [5.41, 5.74) is -0.852. The molecule has 0 spiro atoms. The molecular weight excluding hydrogens is 492 g/mol.